The van der Waals surface area contributed by atoms with Gasteiger partial charge < -0.3 is 14.6 Å². The second-order valence-corrected chi connectivity index (χ2v) is 6.89. The lowest BCUT2D eigenvalue weighted by molar-refractivity contribution is -0.141. The molecule has 0 spiro atoms. The Hall–Kier alpha value is -2.57. The van der Waals surface area contributed by atoms with Crippen LogP contribution >= 0.6 is 23.2 Å². The molecule has 1 aromatic carbocycles. The van der Waals surface area contributed by atoms with Crippen LogP contribution in [0.2, 0.25) is 10.0 Å². The zero-order chi connectivity index (χ0) is 20.8. The quantitative estimate of drug-likeness (QED) is 0.399. The third kappa shape index (κ3) is 5.24. The Morgan fingerprint density at radius 1 is 1.18 bits per heavy atom. The number of ketones is 1. The summed E-state index contributed by atoms with van der Waals surface area (Å²) in [5.41, 5.74) is 2.45. The van der Waals surface area contributed by atoms with Crippen molar-refractivity contribution in [1.29, 1.82) is 0 Å². The Morgan fingerprint density at radius 2 is 1.89 bits per heavy atom. The van der Waals surface area contributed by atoms with Gasteiger partial charge in [0.2, 0.25) is 5.78 Å². The van der Waals surface area contributed by atoms with Crippen LogP contribution in [0.5, 0.6) is 0 Å². The van der Waals surface area contributed by atoms with Gasteiger partial charge in [0.1, 0.15) is 6.54 Å². The highest BCUT2D eigenvalue weighted by Crippen LogP contribution is 2.22. The van der Waals surface area contributed by atoms with Gasteiger partial charge in [-0.25, -0.2) is 0 Å². The largest absolute Gasteiger partial charge is 0.456 e. The van der Waals surface area contributed by atoms with Crippen LogP contribution in [0.15, 0.2) is 36.9 Å². The Bertz CT molecular complexity index is 935. The number of amides is 1. The molecule has 1 amide bonds. The molecule has 0 aliphatic carbocycles. The van der Waals surface area contributed by atoms with E-state index in [2.05, 4.69) is 11.9 Å². The summed E-state index contributed by atoms with van der Waals surface area (Å²) in [4.78, 5) is 36.2. The molecule has 0 radical (unpaired) electrons. The van der Waals surface area contributed by atoms with Gasteiger partial charge in [-0.1, -0.05) is 29.3 Å². The van der Waals surface area contributed by atoms with Crippen LogP contribution in [0.1, 0.15) is 32.1 Å². The van der Waals surface area contributed by atoms with E-state index >= 15 is 0 Å². The average molecular weight is 423 g/mol. The molecule has 6 nitrogen and oxygen atoms in total. The monoisotopic (exact) mass is 422 g/mol. The van der Waals surface area contributed by atoms with Crippen LogP contribution in [-0.2, 0) is 16.1 Å². The van der Waals surface area contributed by atoms with Crippen LogP contribution in [0.4, 0.5) is 0 Å². The van der Waals surface area contributed by atoms with E-state index in [1.54, 1.807) is 12.1 Å². The third-order valence-corrected chi connectivity index (χ3v) is 4.86. The summed E-state index contributed by atoms with van der Waals surface area (Å²) in [6.45, 7) is 7.22. The Balaban J connectivity index is 1.87. The molecule has 0 fully saturated rings. The number of ether oxygens (including phenoxy) is 1. The number of allylic oxidation sites excluding steroid dienone is 1. The molecule has 28 heavy (non-hydrogen) atoms. The standard InChI is InChI=1S/C20H20Cl2N2O4/c1-4-7-24-12(2)8-15(13(24)3)18(25)11-28-19(26)10-23-20(27)14-5-6-16(21)17(22)9-14/h4-6,8-9H,1,7,10-11H2,2-3H3,(H,23,27). The summed E-state index contributed by atoms with van der Waals surface area (Å²) in [5.74, 6) is -1.54. The van der Waals surface area contributed by atoms with Crippen molar-refractivity contribution < 1.29 is 19.1 Å². The summed E-state index contributed by atoms with van der Waals surface area (Å²) in [6, 6.07) is 6.12. The minimum atomic E-state index is -0.721. The van der Waals surface area contributed by atoms with Crippen LogP contribution in [0, 0.1) is 13.8 Å². The van der Waals surface area contributed by atoms with Gasteiger partial charge in [0.25, 0.3) is 5.91 Å². The second-order valence-electron chi connectivity index (χ2n) is 6.08. The summed E-state index contributed by atoms with van der Waals surface area (Å²) < 4.78 is 6.92. The van der Waals surface area contributed by atoms with E-state index < -0.39 is 18.5 Å². The normalized spacial score (nSPS) is 10.4. The number of Topliss-reactive ketones (excluding diaryl/α,β-unsaturated/α-hetero) is 1. The highest BCUT2D eigenvalue weighted by atomic mass is 35.5. The van der Waals surface area contributed by atoms with Gasteiger partial charge in [-0.2, -0.15) is 0 Å². The van der Waals surface area contributed by atoms with Crippen LogP contribution in [0.3, 0.4) is 0 Å². The fourth-order valence-electron chi connectivity index (χ4n) is 2.66. The number of nitrogens with one attached hydrogen (secondary N) is 1. The van der Waals surface area contributed by atoms with Crippen molar-refractivity contribution in [2.45, 2.75) is 20.4 Å². The predicted molar refractivity (Wildman–Crippen MR) is 108 cm³/mol. The van der Waals surface area contributed by atoms with Gasteiger partial charge >= 0.3 is 5.97 Å². The molecule has 148 valence electrons. The molecule has 1 aromatic heterocycles. The Labute approximate surface area is 173 Å². The molecule has 0 atom stereocenters. The molecular weight excluding hydrogens is 403 g/mol. The van der Waals surface area contributed by atoms with Gasteiger partial charge in [-0.05, 0) is 38.1 Å². The van der Waals surface area contributed by atoms with E-state index in [1.165, 1.54) is 18.2 Å². The minimum absolute atomic E-state index is 0.233. The molecule has 2 rings (SSSR count). The number of halogens is 2. The van der Waals surface area contributed by atoms with Crippen molar-refractivity contribution >= 4 is 40.9 Å². The summed E-state index contributed by atoms with van der Waals surface area (Å²) in [6.07, 6.45) is 1.74. The van der Waals surface area contributed by atoms with Gasteiger partial charge in [0.05, 0.1) is 10.0 Å². The van der Waals surface area contributed by atoms with Crippen LogP contribution in [-0.4, -0.2) is 35.4 Å². The lowest BCUT2D eigenvalue weighted by Gasteiger charge is -2.08. The van der Waals surface area contributed by atoms with Crippen molar-refractivity contribution in [3.63, 3.8) is 0 Å². The van der Waals surface area contributed by atoms with Gasteiger partial charge in [0.15, 0.2) is 6.61 Å². The molecular formula is C20H20Cl2N2O4. The minimum Gasteiger partial charge on any atom is -0.456 e. The van der Waals surface area contributed by atoms with Gasteiger partial charge in [-0.3, -0.25) is 14.4 Å². The van der Waals surface area contributed by atoms with Crippen LogP contribution in [0.25, 0.3) is 0 Å². The van der Waals surface area contributed by atoms with E-state index in [9.17, 15) is 14.4 Å². The molecule has 0 bridgehead atoms. The highest BCUT2D eigenvalue weighted by molar-refractivity contribution is 6.42. The number of benzene rings is 1. The molecule has 2 aromatic rings. The van der Waals surface area contributed by atoms with Crippen LogP contribution < -0.4 is 5.32 Å². The third-order valence-electron chi connectivity index (χ3n) is 4.13. The maximum atomic E-state index is 12.3. The lowest BCUT2D eigenvalue weighted by atomic mass is 10.1. The number of aryl methyl sites for hydroxylation is 1. The van der Waals surface area contributed by atoms with E-state index in [-0.39, 0.29) is 22.9 Å². The molecule has 0 saturated heterocycles. The van der Waals surface area contributed by atoms with E-state index in [1.807, 2.05) is 18.4 Å². The first-order valence-corrected chi connectivity index (χ1v) is 9.20. The Kier molecular flexibility index (Phi) is 7.43. The smallest absolute Gasteiger partial charge is 0.325 e. The highest BCUT2D eigenvalue weighted by Gasteiger charge is 2.17. The molecule has 0 saturated carbocycles. The first kappa shape index (κ1) is 21.7. The van der Waals surface area contributed by atoms with Crippen molar-refractivity contribution in [2.24, 2.45) is 0 Å². The maximum Gasteiger partial charge on any atom is 0.325 e. The second kappa shape index (κ2) is 9.57. The molecule has 1 N–H and O–H groups in total. The number of esters is 1. The number of rotatable bonds is 8. The summed E-state index contributed by atoms with van der Waals surface area (Å²) in [5, 5.41) is 2.96. The molecule has 0 aliphatic rings. The average Bonchev–Trinajstić information content (AvgIpc) is 2.95. The van der Waals surface area contributed by atoms with E-state index in [0.717, 1.165) is 11.4 Å². The van der Waals surface area contributed by atoms with E-state index in [4.69, 9.17) is 27.9 Å². The SMILES string of the molecule is C=CCn1c(C)cc(C(=O)COC(=O)CNC(=O)c2ccc(Cl)c(Cl)c2)c1C. The summed E-state index contributed by atoms with van der Waals surface area (Å²) in [7, 11) is 0. The van der Waals surface area contributed by atoms with Crippen molar-refractivity contribution in [1.82, 2.24) is 9.88 Å². The molecule has 8 heteroatoms. The summed E-state index contributed by atoms with van der Waals surface area (Å²) >= 11 is 11.7. The number of nitrogens with zero attached hydrogens (tertiary/aromatic N) is 1. The lowest BCUT2D eigenvalue weighted by Crippen LogP contribution is -2.31. The number of aromatic nitrogens is 1. The fraction of sp³-hybridized carbons (Fsp3) is 0.250. The van der Waals surface area contributed by atoms with Crippen molar-refractivity contribution in [2.75, 3.05) is 13.2 Å². The first-order chi connectivity index (χ1) is 13.2. The first-order valence-electron chi connectivity index (χ1n) is 8.44. The number of carbonyl (C=O) groups is 3. The van der Waals surface area contributed by atoms with E-state index in [0.29, 0.717) is 17.1 Å². The number of hydrogen-bond donors (Lipinski definition) is 1. The molecule has 0 aliphatic heterocycles. The number of carbonyl (C=O) groups excluding carboxylic acids is 3. The Morgan fingerprint density at radius 3 is 2.54 bits per heavy atom. The predicted octanol–water partition coefficient (Wildman–Crippen LogP) is 3.75. The van der Waals surface area contributed by atoms with Crippen molar-refractivity contribution in [3.05, 3.63) is 69.5 Å². The fourth-order valence-corrected chi connectivity index (χ4v) is 2.96. The van der Waals surface area contributed by atoms with Gasteiger partial charge in [-0.15, -0.1) is 6.58 Å². The zero-order valence-corrected chi connectivity index (χ0v) is 17.1. The van der Waals surface area contributed by atoms with Gasteiger partial charge in [0, 0.05) is 29.1 Å². The number of hydrogen-bond acceptors (Lipinski definition) is 4. The molecule has 1 heterocycles. The van der Waals surface area contributed by atoms with Crippen molar-refractivity contribution in [3.8, 4) is 0 Å². The maximum absolute atomic E-state index is 12.3. The molecule has 0 unspecified atom stereocenters. The topological polar surface area (TPSA) is 77.4 Å². The zero-order valence-electron chi connectivity index (χ0n) is 15.6.